The Hall–Kier alpha value is -3.25. The van der Waals surface area contributed by atoms with Gasteiger partial charge in [0.2, 0.25) is 5.75 Å². The number of benzene rings is 2. The van der Waals surface area contributed by atoms with E-state index in [0.29, 0.717) is 10.3 Å². The number of phenolic OH excluding ortho intramolecular Hbond substituents is 1. The maximum Gasteiger partial charge on any atom is 0.416 e. The van der Waals surface area contributed by atoms with E-state index in [-0.39, 0.29) is 33.3 Å². The van der Waals surface area contributed by atoms with E-state index in [4.69, 9.17) is 9.47 Å². The Labute approximate surface area is 161 Å². The van der Waals surface area contributed by atoms with Gasteiger partial charge in [0.1, 0.15) is 11.1 Å². The van der Waals surface area contributed by atoms with Gasteiger partial charge in [-0.2, -0.15) is 18.4 Å². The molecule has 1 aromatic heterocycles. The fourth-order valence-corrected chi connectivity index (χ4v) is 3.44. The van der Waals surface area contributed by atoms with Crippen molar-refractivity contribution in [2.24, 2.45) is 0 Å². The van der Waals surface area contributed by atoms with E-state index in [1.54, 1.807) is 0 Å². The van der Waals surface area contributed by atoms with Crippen LogP contribution in [0.3, 0.4) is 0 Å². The van der Waals surface area contributed by atoms with Crippen LogP contribution in [0.5, 0.6) is 17.2 Å². The normalized spacial score (nSPS) is 12.1. The molecular weight excluding hydrogens is 393 g/mol. The first-order valence-corrected chi connectivity index (χ1v) is 8.63. The third-order valence-corrected chi connectivity index (χ3v) is 4.95. The Morgan fingerprint density at radius 1 is 1.18 bits per heavy atom. The van der Waals surface area contributed by atoms with Crippen LogP contribution in [-0.2, 0) is 6.18 Å². The summed E-state index contributed by atoms with van der Waals surface area (Å²) in [5, 5.41) is 19.8. The highest BCUT2D eigenvalue weighted by Crippen LogP contribution is 2.39. The molecule has 0 aliphatic carbocycles. The lowest BCUT2D eigenvalue weighted by molar-refractivity contribution is -0.137. The van der Waals surface area contributed by atoms with E-state index < -0.39 is 11.7 Å². The number of fused-ring (bicyclic) bond motifs is 1. The number of phenols is 1. The molecule has 3 aromatic rings. The van der Waals surface area contributed by atoms with Gasteiger partial charge in [-0.15, -0.1) is 11.3 Å². The van der Waals surface area contributed by atoms with Crippen LogP contribution in [0.2, 0.25) is 0 Å². The second-order valence-electron chi connectivity index (χ2n) is 5.64. The molecule has 2 aromatic carbocycles. The van der Waals surface area contributed by atoms with Crippen molar-refractivity contribution in [1.82, 2.24) is 4.98 Å². The fraction of sp³-hybridized carbons (Fsp3) is 0.158. The van der Waals surface area contributed by atoms with E-state index >= 15 is 0 Å². The van der Waals surface area contributed by atoms with Crippen LogP contribution in [0.4, 0.5) is 13.2 Å². The zero-order chi connectivity index (χ0) is 20.5. The van der Waals surface area contributed by atoms with Gasteiger partial charge in [0, 0.05) is 0 Å². The predicted octanol–water partition coefficient (Wildman–Crippen LogP) is 5.10. The summed E-state index contributed by atoms with van der Waals surface area (Å²) < 4.78 is 49.3. The SMILES string of the molecule is COc1cc(/C=C(\C#N)c2nc3cc(C(F)(F)F)ccc3s2)cc(OC)c1O. The number of thiazole rings is 1. The van der Waals surface area contributed by atoms with E-state index in [2.05, 4.69) is 4.98 Å². The predicted molar refractivity (Wildman–Crippen MR) is 99.3 cm³/mol. The van der Waals surface area contributed by atoms with Crippen LogP contribution in [0.15, 0.2) is 30.3 Å². The van der Waals surface area contributed by atoms with Gasteiger partial charge in [-0.25, -0.2) is 4.98 Å². The molecular formula is C19H13F3N2O3S. The van der Waals surface area contributed by atoms with Gasteiger partial charge in [-0.05, 0) is 42.0 Å². The lowest BCUT2D eigenvalue weighted by Gasteiger charge is -2.09. The molecule has 1 heterocycles. The number of hydrogen-bond donors (Lipinski definition) is 1. The van der Waals surface area contributed by atoms with Crippen molar-refractivity contribution in [1.29, 1.82) is 5.26 Å². The number of aromatic nitrogens is 1. The molecule has 5 nitrogen and oxygen atoms in total. The van der Waals surface area contributed by atoms with Crippen molar-refractivity contribution < 1.29 is 27.8 Å². The van der Waals surface area contributed by atoms with Gasteiger partial charge in [0.15, 0.2) is 11.5 Å². The number of halogens is 3. The van der Waals surface area contributed by atoms with Crippen molar-refractivity contribution in [2.75, 3.05) is 14.2 Å². The molecule has 9 heteroatoms. The van der Waals surface area contributed by atoms with Crippen molar-refractivity contribution in [2.45, 2.75) is 6.18 Å². The maximum absolute atomic E-state index is 12.9. The zero-order valence-electron chi connectivity index (χ0n) is 14.7. The molecule has 0 radical (unpaired) electrons. The van der Waals surface area contributed by atoms with Gasteiger partial charge < -0.3 is 14.6 Å². The minimum atomic E-state index is -4.47. The molecule has 3 rings (SSSR count). The molecule has 0 fully saturated rings. The largest absolute Gasteiger partial charge is 0.502 e. The highest BCUT2D eigenvalue weighted by molar-refractivity contribution is 7.19. The van der Waals surface area contributed by atoms with Crippen LogP contribution in [0.25, 0.3) is 21.9 Å². The molecule has 0 bridgehead atoms. The number of ether oxygens (including phenoxy) is 2. The third kappa shape index (κ3) is 3.73. The van der Waals surface area contributed by atoms with E-state index in [1.807, 2.05) is 6.07 Å². The maximum atomic E-state index is 12.9. The molecule has 0 spiro atoms. The Bertz CT molecular complexity index is 1090. The molecule has 28 heavy (non-hydrogen) atoms. The van der Waals surface area contributed by atoms with Gasteiger partial charge in [0.25, 0.3) is 0 Å². The lowest BCUT2D eigenvalue weighted by atomic mass is 10.1. The number of hydrogen-bond acceptors (Lipinski definition) is 6. The number of aromatic hydroxyl groups is 1. The zero-order valence-corrected chi connectivity index (χ0v) is 15.5. The molecule has 0 saturated carbocycles. The number of methoxy groups -OCH3 is 2. The monoisotopic (exact) mass is 406 g/mol. The average Bonchev–Trinajstić information content (AvgIpc) is 3.09. The number of rotatable bonds is 4. The molecule has 144 valence electrons. The summed E-state index contributed by atoms with van der Waals surface area (Å²) in [5.74, 6) is 0.129. The molecule has 0 aliphatic heterocycles. The van der Waals surface area contributed by atoms with Crippen molar-refractivity contribution >= 4 is 33.2 Å². The van der Waals surface area contributed by atoms with Crippen LogP contribution < -0.4 is 9.47 Å². The highest BCUT2D eigenvalue weighted by atomic mass is 32.1. The van der Waals surface area contributed by atoms with Crippen molar-refractivity contribution in [3.63, 3.8) is 0 Å². The van der Waals surface area contributed by atoms with Gasteiger partial charge in [-0.3, -0.25) is 0 Å². The number of allylic oxidation sites excluding steroid dienone is 1. The summed E-state index contributed by atoms with van der Waals surface area (Å²) in [5.41, 5.74) is 0.0204. The molecule has 0 unspecified atom stereocenters. The van der Waals surface area contributed by atoms with Gasteiger partial charge in [0.05, 0.1) is 35.6 Å². The van der Waals surface area contributed by atoms with Gasteiger partial charge >= 0.3 is 6.18 Å². The lowest BCUT2D eigenvalue weighted by Crippen LogP contribution is -2.03. The first-order chi connectivity index (χ1) is 13.3. The first kappa shape index (κ1) is 19.5. The minimum absolute atomic E-state index is 0.155. The summed E-state index contributed by atoms with van der Waals surface area (Å²) in [7, 11) is 2.75. The minimum Gasteiger partial charge on any atom is -0.502 e. The van der Waals surface area contributed by atoms with E-state index in [1.165, 1.54) is 38.5 Å². The molecule has 0 amide bonds. The van der Waals surface area contributed by atoms with Crippen LogP contribution in [-0.4, -0.2) is 24.3 Å². The topological polar surface area (TPSA) is 75.4 Å². The smallest absolute Gasteiger partial charge is 0.416 e. The molecule has 0 atom stereocenters. The summed E-state index contributed by atoms with van der Waals surface area (Å²) >= 11 is 1.11. The van der Waals surface area contributed by atoms with Crippen LogP contribution in [0, 0.1) is 11.3 Å². The van der Waals surface area contributed by atoms with E-state index in [9.17, 15) is 23.5 Å². The van der Waals surface area contributed by atoms with E-state index in [0.717, 1.165) is 23.5 Å². The highest BCUT2D eigenvalue weighted by Gasteiger charge is 2.30. The number of alkyl halides is 3. The second-order valence-corrected chi connectivity index (χ2v) is 6.67. The number of nitriles is 1. The molecule has 0 aliphatic rings. The Morgan fingerprint density at radius 3 is 2.36 bits per heavy atom. The first-order valence-electron chi connectivity index (χ1n) is 7.81. The summed E-state index contributed by atoms with van der Waals surface area (Å²) in [4.78, 5) is 4.17. The summed E-state index contributed by atoms with van der Waals surface area (Å²) in [6, 6.07) is 8.28. The van der Waals surface area contributed by atoms with Crippen LogP contribution in [0.1, 0.15) is 16.1 Å². The quantitative estimate of drug-likeness (QED) is 0.610. The van der Waals surface area contributed by atoms with Gasteiger partial charge in [-0.1, -0.05) is 0 Å². The Kier molecular flexibility index (Phi) is 5.16. The summed E-state index contributed by atoms with van der Waals surface area (Å²) in [6.07, 6.45) is -2.97. The Balaban J connectivity index is 2.08. The van der Waals surface area contributed by atoms with Crippen LogP contribution >= 0.6 is 11.3 Å². The standard InChI is InChI=1S/C19H13F3N2O3S/c1-26-14-6-10(7-15(27-2)17(14)25)5-11(9-23)18-24-13-8-12(19(20,21)22)3-4-16(13)28-18/h3-8,25H,1-2H3/b11-5+. The molecule has 1 N–H and O–H groups in total. The van der Waals surface area contributed by atoms with Crippen molar-refractivity contribution in [3.8, 4) is 23.3 Å². The molecule has 0 saturated heterocycles. The fourth-order valence-electron chi connectivity index (χ4n) is 2.52. The van der Waals surface area contributed by atoms with Crippen molar-refractivity contribution in [3.05, 3.63) is 46.5 Å². The second kappa shape index (κ2) is 7.40. The average molecular weight is 406 g/mol. The number of nitrogens with zero attached hydrogens (tertiary/aromatic N) is 2. The summed E-state index contributed by atoms with van der Waals surface area (Å²) in [6.45, 7) is 0. The third-order valence-electron chi connectivity index (χ3n) is 3.88. The Morgan fingerprint density at radius 2 is 1.82 bits per heavy atom.